The maximum Gasteiger partial charge on any atom is 0.472 e. The van der Waals surface area contributed by atoms with Crippen LogP contribution in [0.4, 0.5) is 0 Å². The molecule has 0 heterocycles. The van der Waals surface area contributed by atoms with Gasteiger partial charge < -0.3 is 33.8 Å². The first kappa shape index (κ1) is 100. The molecule has 0 saturated carbocycles. The molecule has 0 radical (unpaired) electrons. The zero-order chi connectivity index (χ0) is 75.1. The molecule has 102 heavy (non-hydrogen) atoms. The molecular weight excluding hydrogens is 1330 g/mol. The molecule has 0 aromatic heterocycles. The molecule has 6 atom stereocenters. The van der Waals surface area contributed by atoms with Gasteiger partial charge in [-0.3, -0.25) is 37.3 Å². The molecule has 0 aliphatic carbocycles. The summed E-state index contributed by atoms with van der Waals surface area (Å²) in [6, 6.07) is 0. The van der Waals surface area contributed by atoms with Crippen LogP contribution in [-0.2, 0) is 65.4 Å². The van der Waals surface area contributed by atoms with E-state index < -0.39 is 97.5 Å². The number of rotatable bonds is 81. The van der Waals surface area contributed by atoms with Crippen LogP contribution < -0.4 is 0 Å². The third kappa shape index (κ3) is 74.9. The van der Waals surface area contributed by atoms with E-state index in [9.17, 15) is 43.2 Å². The van der Waals surface area contributed by atoms with Gasteiger partial charge in [0.15, 0.2) is 12.2 Å². The average molecular weight is 1490 g/mol. The fourth-order valence-corrected chi connectivity index (χ4v) is 14.4. The van der Waals surface area contributed by atoms with E-state index in [1.165, 1.54) is 244 Å². The molecule has 3 N–H and O–H groups in total. The van der Waals surface area contributed by atoms with Gasteiger partial charge in [0.2, 0.25) is 0 Å². The summed E-state index contributed by atoms with van der Waals surface area (Å²) >= 11 is 0. The van der Waals surface area contributed by atoms with Crippen LogP contribution in [0.25, 0.3) is 0 Å². The lowest BCUT2D eigenvalue weighted by Crippen LogP contribution is -2.30. The summed E-state index contributed by atoms with van der Waals surface area (Å²) in [6.07, 6.45) is 62.4. The molecule has 19 heteroatoms. The molecule has 0 aliphatic rings. The van der Waals surface area contributed by atoms with Gasteiger partial charge in [-0.2, -0.15) is 0 Å². The van der Waals surface area contributed by atoms with Gasteiger partial charge >= 0.3 is 39.5 Å². The van der Waals surface area contributed by atoms with Gasteiger partial charge in [-0.1, -0.05) is 382 Å². The van der Waals surface area contributed by atoms with Crippen LogP contribution in [0.2, 0.25) is 0 Å². The molecule has 0 rings (SSSR count). The van der Waals surface area contributed by atoms with Gasteiger partial charge in [0.1, 0.15) is 19.3 Å². The van der Waals surface area contributed by atoms with Crippen molar-refractivity contribution in [1.29, 1.82) is 0 Å². The molecule has 0 fully saturated rings. The highest BCUT2D eigenvalue weighted by atomic mass is 31.2. The van der Waals surface area contributed by atoms with Crippen molar-refractivity contribution >= 4 is 39.5 Å². The number of phosphoric ester groups is 2. The van der Waals surface area contributed by atoms with Crippen LogP contribution in [0.15, 0.2) is 0 Å². The van der Waals surface area contributed by atoms with Crippen molar-refractivity contribution in [2.24, 2.45) is 17.8 Å². The Balaban J connectivity index is 5.24. The van der Waals surface area contributed by atoms with E-state index >= 15 is 0 Å². The molecule has 0 spiro atoms. The number of phosphoric acid groups is 2. The van der Waals surface area contributed by atoms with Crippen molar-refractivity contribution in [3.05, 3.63) is 0 Å². The lowest BCUT2D eigenvalue weighted by Gasteiger charge is -2.21. The fraction of sp³-hybridized carbons (Fsp3) is 0.952. The Morgan fingerprint density at radius 2 is 0.500 bits per heavy atom. The van der Waals surface area contributed by atoms with Gasteiger partial charge in [0.05, 0.1) is 26.4 Å². The molecule has 0 saturated heterocycles. The standard InChI is InChI=1S/C83H162O17P2/c1-8-10-11-12-13-14-15-16-17-23-26-29-35-43-50-57-64-80(85)93-70-78(99-82(87)66-59-52-45-36-30-27-24-21-19-18-20-22-25-28-33-40-47-54-61-74(3)4)72-97-101(89,90)95-68-77(84)69-96-102(91,92)98-73-79(71-94-81(86)65-58-51-44-39-38-42-49-56-63-76(7)9-2)100-83(88)67-60-53-46-37-32-31-34-41-48-55-62-75(5)6/h74-79,84H,8-73H2,1-7H3,(H,89,90)(H,91,92)/t76?,77-,78-,79-/m1/s1. The van der Waals surface area contributed by atoms with E-state index in [0.717, 1.165) is 108 Å². The van der Waals surface area contributed by atoms with Gasteiger partial charge in [0, 0.05) is 25.7 Å². The topological polar surface area (TPSA) is 237 Å². The monoisotopic (exact) mass is 1490 g/mol. The molecule has 0 aliphatic heterocycles. The first-order chi connectivity index (χ1) is 49.3. The van der Waals surface area contributed by atoms with E-state index in [4.69, 9.17) is 37.0 Å². The molecular formula is C83H162O17P2. The highest BCUT2D eigenvalue weighted by molar-refractivity contribution is 7.47. The summed E-state index contributed by atoms with van der Waals surface area (Å²) in [4.78, 5) is 73.1. The van der Waals surface area contributed by atoms with Crippen molar-refractivity contribution in [2.75, 3.05) is 39.6 Å². The Labute approximate surface area is 626 Å². The lowest BCUT2D eigenvalue weighted by atomic mass is 9.99. The van der Waals surface area contributed by atoms with Crippen molar-refractivity contribution < 1.29 is 80.2 Å². The maximum atomic E-state index is 13.1. The summed E-state index contributed by atoms with van der Waals surface area (Å²) in [7, 11) is -9.92. The molecule has 0 aromatic carbocycles. The predicted octanol–water partition coefficient (Wildman–Crippen LogP) is 24.9. The third-order valence-electron chi connectivity index (χ3n) is 19.7. The minimum atomic E-state index is -4.96. The molecule has 0 bridgehead atoms. The zero-order valence-corrected chi connectivity index (χ0v) is 68.9. The number of hydrogen-bond donors (Lipinski definition) is 3. The number of carbonyl (C=O) groups excluding carboxylic acids is 4. The minimum Gasteiger partial charge on any atom is -0.462 e. The Morgan fingerprint density at radius 3 is 0.745 bits per heavy atom. The van der Waals surface area contributed by atoms with Crippen LogP contribution in [0.1, 0.15) is 434 Å². The second kappa shape index (κ2) is 73.2. The van der Waals surface area contributed by atoms with Crippen LogP contribution in [0, 0.1) is 17.8 Å². The third-order valence-corrected chi connectivity index (χ3v) is 21.6. The second-order valence-electron chi connectivity index (χ2n) is 31.1. The van der Waals surface area contributed by atoms with E-state index in [1.54, 1.807) is 0 Å². The molecule has 17 nitrogen and oxygen atoms in total. The zero-order valence-electron chi connectivity index (χ0n) is 67.1. The number of unbranched alkanes of at least 4 members (excludes halogenated alkanes) is 48. The first-order valence-electron chi connectivity index (χ1n) is 42.9. The van der Waals surface area contributed by atoms with E-state index in [0.29, 0.717) is 25.7 Å². The first-order valence-corrected chi connectivity index (χ1v) is 45.9. The average Bonchev–Trinajstić information content (AvgIpc) is 0.947. The molecule has 0 amide bonds. The lowest BCUT2D eigenvalue weighted by molar-refractivity contribution is -0.161. The predicted molar refractivity (Wildman–Crippen MR) is 418 cm³/mol. The Morgan fingerprint density at radius 1 is 0.284 bits per heavy atom. The van der Waals surface area contributed by atoms with E-state index in [1.807, 2.05) is 0 Å². The summed E-state index contributed by atoms with van der Waals surface area (Å²) in [6.45, 7) is 12.0. The SMILES string of the molecule is CCCCCCCCCCCCCCCCCCC(=O)OC[C@H](COP(=O)(O)OC[C@@H](O)COP(=O)(O)OC[C@@H](COC(=O)CCCCCCCCCCC(C)CC)OC(=O)CCCCCCCCCCCCC(C)C)OC(=O)CCCCCCCCCCCCCCCCCCCCC(C)C. The van der Waals surface area contributed by atoms with Crippen molar-refractivity contribution in [3.8, 4) is 0 Å². The van der Waals surface area contributed by atoms with Crippen LogP contribution in [0.3, 0.4) is 0 Å². The minimum absolute atomic E-state index is 0.106. The quantitative estimate of drug-likeness (QED) is 0.0222. The van der Waals surface area contributed by atoms with Crippen LogP contribution >= 0.6 is 15.6 Å². The van der Waals surface area contributed by atoms with Gasteiger partial charge in [-0.25, -0.2) is 9.13 Å². The Hall–Kier alpha value is -1.94. The van der Waals surface area contributed by atoms with Crippen molar-refractivity contribution in [2.45, 2.75) is 452 Å². The van der Waals surface area contributed by atoms with Gasteiger partial charge in [-0.05, 0) is 43.4 Å². The summed E-state index contributed by atoms with van der Waals surface area (Å²) in [5, 5.41) is 10.7. The number of carbonyl (C=O) groups is 4. The number of aliphatic hydroxyl groups is 1. The maximum absolute atomic E-state index is 13.1. The van der Waals surface area contributed by atoms with E-state index in [2.05, 4.69) is 48.5 Å². The molecule has 606 valence electrons. The van der Waals surface area contributed by atoms with Crippen molar-refractivity contribution in [1.82, 2.24) is 0 Å². The van der Waals surface area contributed by atoms with Crippen LogP contribution in [-0.4, -0.2) is 96.7 Å². The smallest absolute Gasteiger partial charge is 0.462 e. The van der Waals surface area contributed by atoms with Gasteiger partial charge in [-0.15, -0.1) is 0 Å². The largest absolute Gasteiger partial charge is 0.472 e. The summed E-state index contributed by atoms with van der Waals surface area (Å²) < 4.78 is 68.8. The highest BCUT2D eigenvalue weighted by Gasteiger charge is 2.30. The summed E-state index contributed by atoms with van der Waals surface area (Å²) in [5.41, 5.74) is 0. The molecule has 0 aromatic rings. The molecule has 3 unspecified atom stereocenters. The van der Waals surface area contributed by atoms with Crippen LogP contribution in [0.5, 0.6) is 0 Å². The summed E-state index contributed by atoms with van der Waals surface area (Å²) in [5.74, 6) is 0.241. The fourth-order valence-electron chi connectivity index (χ4n) is 12.8. The number of aliphatic hydroxyl groups excluding tert-OH is 1. The van der Waals surface area contributed by atoms with Crippen molar-refractivity contribution in [3.63, 3.8) is 0 Å². The highest BCUT2D eigenvalue weighted by Crippen LogP contribution is 2.45. The normalized spacial score (nSPS) is 14.2. The Bertz CT molecular complexity index is 1980. The van der Waals surface area contributed by atoms with E-state index in [-0.39, 0.29) is 25.7 Å². The second-order valence-corrected chi connectivity index (χ2v) is 34.0. The number of esters is 4. The Kier molecular flexibility index (Phi) is 71.8. The number of ether oxygens (including phenoxy) is 4. The van der Waals surface area contributed by atoms with Gasteiger partial charge in [0.25, 0.3) is 0 Å². The number of hydrogen-bond acceptors (Lipinski definition) is 15.